The Morgan fingerprint density at radius 2 is 1.48 bits per heavy atom. The van der Waals surface area contributed by atoms with Crippen LogP contribution in [-0.4, -0.2) is 135 Å². The number of benzene rings is 4. The number of β-lactam (4-membered cyclic amide) rings is 1. The van der Waals surface area contributed by atoms with E-state index in [0.717, 1.165) is 29.7 Å². The lowest BCUT2D eigenvalue weighted by molar-refractivity contribution is -0.911. The molecule has 2 aromatic heterocycles. The molecule has 0 radical (unpaired) electrons. The molecule has 2 aliphatic heterocycles. The Bertz CT molecular complexity index is 3620. The largest absolute Gasteiger partial charge is 0.497 e. The van der Waals surface area contributed by atoms with Crippen LogP contribution in [0.5, 0.6) is 11.5 Å². The maximum Gasteiger partial charge on any atom is 0.413 e. The zero-order chi connectivity index (χ0) is 63.7. The fourth-order valence-corrected chi connectivity index (χ4v) is 11.3. The average molecular weight is 1240 g/mol. The molecule has 0 bridgehead atoms. The predicted octanol–water partition coefficient (Wildman–Crippen LogP) is 9.04. The highest BCUT2D eigenvalue weighted by molar-refractivity contribution is 7.80. The van der Waals surface area contributed by atoms with Crippen molar-refractivity contribution in [3.63, 3.8) is 0 Å². The first-order valence-corrected chi connectivity index (χ1v) is 30.5. The number of nitrogens with zero attached hydrogens (tertiary/aromatic N) is 5. The van der Waals surface area contributed by atoms with Crippen LogP contribution in [-0.2, 0) is 51.9 Å². The van der Waals surface area contributed by atoms with Gasteiger partial charge in [-0.3, -0.25) is 29.4 Å². The summed E-state index contributed by atoms with van der Waals surface area (Å²) in [4.78, 5) is 111. The van der Waals surface area contributed by atoms with Crippen molar-refractivity contribution < 1.29 is 61.8 Å². The van der Waals surface area contributed by atoms with Gasteiger partial charge in [0.25, 0.3) is 17.7 Å². The number of anilines is 1. The SMILES string of the molecule is COc1ccc(COc2cn(C)c3c(C(=O)NCC[N+]4(CC(CS)=C(C(=O)OC(c5ccccc5)c5ccccc5)N5C(=O)C(NC(=O)C(=NOC(C)(C)C(=O)OC(C)(C)C)c6csc(NC(=O)OC(C)(C)C)n6)C5C)CCCC4)cccc3c2=O)cc1. The van der Waals surface area contributed by atoms with E-state index in [4.69, 9.17) is 41.2 Å². The molecule has 466 valence electrons. The number of aryl methyl sites for hydroxylation is 1. The predicted molar refractivity (Wildman–Crippen MR) is 337 cm³/mol. The Kier molecular flexibility index (Phi) is 20.6. The summed E-state index contributed by atoms with van der Waals surface area (Å²) in [5.74, 6) is -2.70. The van der Waals surface area contributed by atoms with E-state index in [-0.39, 0.29) is 59.1 Å². The highest BCUT2D eigenvalue weighted by atomic mass is 32.1. The standard InChI is InChI=1S/C65H76N8O13S2/c1-40-50(68-57(76)51(70-86-65(8,9)60(79)84-63(2,3)4)48-39-88-61(67-48)69-62(80)85-64(5,6)7)58(77)72(40)52(59(78)83-55(42-21-14-12-15-22-42)43-23-16-13-17-24-43)44(38-87)36-73(32-18-19-33-73)34-31-66-56(75)47-26-20-25-46-53(47)71(10)35-49(54(46)74)82-37-41-27-29-45(81-11)30-28-41/h12-17,20-30,35,39-40,50,55H,18-19,31-34,36-38H2,1-11H3,(H3-,66,67,68,69,75,76,80,87)/p+1. The first kappa shape index (κ1) is 65.4. The number of thiol groups is 1. The lowest BCUT2D eigenvalue weighted by Gasteiger charge is -2.47. The summed E-state index contributed by atoms with van der Waals surface area (Å²) in [6.07, 6.45) is 1.57. The Morgan fingerprint density at radius 1 is 0.841 bits per heavy atom. The maximum absolute atomic E-state index is 15.4. The number of para-hydroxylation sites is 1. The second kappa shape index (κ2) is 27.7. The number of fused-ring (bicyclic) bond motifs is 1. The number of hydrogen-bond donors (Lipinski definition) is 4. The third-order valence-corrected chi connectivity index (χ3v) is 15.9. The van der Waals surface area contributed by atoms with Crippen LogP contribution in [0.2, 0.25) is 0 Å². The number of carbonyl (C=O) groups is 6. The Labute approximate surface area is 521 Å². The molecule has 2 saturated heterocycles. The normalized spacial score (nSPS) is 16.3. The van der Waals surface area contributed by atoms with Gasteiger partial charge in [0.15, 0.2) is 22.7 Å². The average Bonchev–Trinajstić information content (AvgIpc) is 3.48. The Morgan fingerprint density at radius 3 is 2.07 bits per heavy atom. The minimum Gasteiger partial charge on any atom is -0.497 e. The molecular formula is C65H77N8O13S2+. The van der Waals surface area contributed by atoms with E-state index < -0.39 is 70.5 Å². The number of oxime groups is 1. The van der Waals surface area contributed by atoms with Gasteiger partial charge in [0.2, 0.25) is 11.0 Å². The third-order valence-electron chi connectivity index (χ3n) is 14.8. The number of pyridine rings is 1. The molecule has 0 aliphatic carbocycles. The molecule has 21 nitrogen and oxygen atoms in total. The van der Waals surface area contributed by atoms with Crippen molar-refractivity contribution in [3.05, 3.63) is 164 Å². The van der Waals surface area contributed by atoms with Crippen LogP contribution in [0.1, 0.15) is 114 Å². The summed E-state index contributed by atoms with van der Waals surface area (Å²) in [5, 5.41) is 14.4. The lowest BCUT2D eigenvalue weighted by atomic mass is 9.93. The zero-order valence-electron chi connectivity index (χ0n) is 51.5. The Hall–Kier alpha value is -8.54. The minimum absolute atomic E-state index is 0.0204. The van der Waals surface area contributed by atoms with E-state index >= 15 is 4.79 Å². The number of carbonyl (C=O) groups excluding carboxylic acids is 6. The summed E-state index contributed by atoms with van der Waals surface area (Å²) >= 11 is 5.81. The van der Waals surface area contributed by atoms with Gasteiger partial charge in [-0.1, -0.05) is 84.0 Å². The monoisotopic (exact) mass is 1240 g/mol. The molecule has 2 fully saturated rings. The molecule has 8 rings (SSSR count). The number of aromatic nitrogens is 2. The van der Waals surface area contributed by atoms with Gasteiger partial charge in [0, 0.05) is 36.6 Å². The molecule has 4 amide bonds. The summed E-state index contributed by atoms with van der Waals surface area (Å²) < 4.78 is 30.9. The minimum atomic E-state index is -1.72. The van der Waals surface area contributed by atoms with Crippen LogP contribution in [0.15, 0.2) is 136 Å². The molecule has 2 aliphatic rings. The molecule has 3 N–H and O–H groups in total. The van der Waals surface area contributed by atoms with Crippen LogP contribution in [0, 0.1) is 0 Å². The molecule has 88 heavy (non-hydrogen) atoms. The summed E-state index contributed by atoms with van der Waals surface area (Å²) in [5.41, 5.74) is -0.910. The molecule has 4 heterocycles. The van der Waals surface area contributed by atoms with Gasteiger partial charge >= 0.3 is 18.0 Å². The van der Waals surface area contributed by atoms with Crippen molar-refractivity contribution >= 4 is 81.5 Å². The van der Waals surface area contributed by atoms with Crippen LogP contribution >= 0.6 is 24.0 Å². The summed E-state index contributed by atoms with van der Waals surface area (Å²) in [6, 6.07) is 28.7. The number of amides is 4. The highest BCUT2D eigenvalue weighted by Gasteiger charge is 2.51. The van der Waals surface area contributed by atoms with E-state index in [0.29, 0.717) is 63.0 Å². The van der Waals surface area contributed by atoms with Crippen molar-refractivity contribution in [2.24, 2.45) is 12.2 Å². The van der Waals surface area contributed by atoms with E-state index in [9.17, 15) is 28.8 Å². The summed E-state index contributed by atoms with van der Waals surface area (Å²) in [6.45, 7) is 17.1. The molecular weight excluding hydrogens is 1160 g/mol. The maximum atomic E-state index is 15.4. The van der Waals surface area contributed by atoms with E-state index in [1.165, 1.54) is 24.1 Å². The molecule has 23 heteroatoms. The lowest BCUT2D eigenvalue weighted by Crippen LogP contribution is -2.70. The summed E-state index contributed by atoms with van der Waals surface area (Å²) in [7, 11) is 3.34. The van der Waals surface area contributed by atoms with Crippen molar-refractivity contribution in [2.45, 2.75) is 117 Å². The fraction of sp³-hybridized carbons (Fsp3) is 0.400. The molecule has 6 aromatic rings. The number of rotatable bonds is 23. The van der Waals surface area contributed by atoms with Gasteiger partial charge in [0.1, 0.15) is 47.5 Å². The number of hydrogen-bond acceptors (Lipinski definition) is 17. The van der Waals surface area contributed by atoms with Gasteiger partial charge in [-0.25, -0.2) is 19.4 Å². The van der Waals surface area contributed by atoms with Crippen LogP contribution in [0.3, 0.4) is 0 Å². The van der Waals surface area contributed by atoms with Gasteiger partial charge in [0.05, 0.1) is 62.0 Å². The number of likely N-dealkylation sites (tertiary alicyclic amines) is 2. The number of quaternary nitrogens is 1. The van der Waals surface area contributed by atoms with E-state index in [2.05, 4.69) is 26.1 Å². The van der Waals surface area contributed by atoms with Gasteiger partial charge in [-0.05, 0) is 103 Å². The molecule has 2 atom stereocenters. The van der Waals surface area contributed by atoms with Crippen molar-refractivity contribution in [2.75, 3.05) is 50.9 Å². The van der Waals surface area contributed by atoms with E-state index in [1.54, 1.807) is 91.6 Å². The third kappa shape index (κ3) is 16.0. The topological polar surface area (TPSA) is 244 Å². The number of thiazole rings is 1. The van der Waals surface area contributed by atoms with Crippen LogP contribution < -0.4 is 30.9 Å². The second-order valence-corrected chi connectivity index (χ2v) is 25.4. The molecule has 2 unspecified atom stereocenters. The molecule has 0 spiro atoms. The van der Waals surface area contributed by atoms with Gasteiger partial charge in [-0.15, -0.1) is 11.3 Å². The zero-order valence-corrected chi connectivity index (χ0v) is 53.2. The van der Waals surface area contributed by atoms with Crippen LogP contribution in [0.4, 0.5) is 9.93 Å². The Balaban J connectivity index is 1.07. The quantitative estimate of drug-likeness (QED) is 0.00684. The first-order chi connectivity index (χ1) is 41.7. The number of methoxy groups -OCH3 is 1. The van der Waals surface area contributed by atoms with Crippen molar-refractivity contribution in [1.82, 2.24) is 25.1 Å². The number of ether oxygens (including phenoxy) is 5. The van der Waals surface area contributed by atoms with Gasteiger partial charge in [-0.2, -0.15) is 12.6 Å². The number of esters is 2. The van der Waals surface area contributed by atoms with Gasteiger partial charge < -0.3 is 48.2 Å². The van der Waals surface area contributed by atoms with Crippen molar-refractivity contribution in [1.29, 1.82) is 0 Å². The highest BCUT2D eigenvalue weighted by Crippen LogP contribution is 2.35. The smallest absolute Gasteiger partial charge is 0.413 e. The van der Waals surface area contributed by atoms with E-state index in [1.807, 2.05) is 84.9 Å². The second-order valence-electron chi connectivity index (χ2n) is 24.2. The fourth-order valence-electron chi connectivity index (χ4n) is 10.4. The molecule has 0 saturated carbocycles. The van der Waals surface area contributed by atoms with Crippen LogP contribution in [0.25, 0.3) is 10.9 Å². The van der Waals surface area contributed by atoms with Crippen molar-refractivity contribution in [3.8, 4) is 11.5 Å². The number of nitrogens with one attached hydrogen (secondary N) is 3. The molecule has 4 aromatic carbocycles. The first-order valence-electron chi connectivity index (χ1n) is 28.9.